The van der Waals surface area contributed by atoms with Gasteiger partial charge < -0.3 is 9.64 Å². The zero-order chi connectivity index (χ0) is 13.8. The van der Waals surface area contributed by atoms with E-state index in [-0.39, 0.29) is 0 Å². The van der Waals surface area contributed by atoms with Crippen molar-refractivity contribution in [3.8, 4) is 11.1 Å². The van der Waals surface area contributed by atoms with Crippen LogP contribution in [0.1, 0.15) is 10.4 Å². The molecular formula is C16H16N2O2. The Kier molecular flexibility index (Phi) is 3.74. The second-order valence-electron chi connectivity index (χ2n) is 4.68. The van der Waals surface area contributed by atoms with E-state index in [4.69, 9.17) is 4.74 Å². The minimum absolute atomic E-state index is 0.653. The summed E-state index contributed by atoms with van der Waals surface area (Å²) in [5.74, 6) is 0.754. The van der Waals surface area contributed by atoms with Crippen molar-refractivity contribution in [1.82, 2.24) is 4.98 Å². The molecule has 0 amide bonds. The molecule has 20 heavy (non-hydrogen) atoms. The summed E-state index contributed by atoms with van der Waals surface area (Å²) in [7, 11) is 0. The zero-order valence-corrected chi connectivity index (χ0v) is 11.2. The molecule has 2 heterocycles. The van der Waals surface area contributed by atoms with Crippen LogP contribution >= 0.6 is 0 Å². The SMILES string of the molecule is O=Cc1c(-c2ccccc2)ccnc1N1CCOCC1. The predicted octanol–water partition coefficient (Wildman–Crippen LogP) is 2.40. The van der Waals surface area contributed by atoms with Gasteiger partial charge in [0.2, 0.25) is 0 Å². The minimum atomic E-state index is 0.653. The number of carbonyl (C=O) groups is 1. The van der Waals surface area contributed by atoms with Crippen LogP contribution in [0.5, 0.6) is 0 Å². The number of hydrogen-bond acceptors (Lipinski definition) is 4. The van der Waals surface area contributed by atoms with Crippen molar-refractivity contribution in [2.45, 2.75) is 0 Å². The highest BCUT2D eigenvalue weighted by Gasteiger charge is 2.18. The summed E-state index contributed by atoms with van der Waals surface area (Å²) in [5, 5.41) is 0. The first-order chi connectivity index (χ1) is 9.90. The van der Waals surface area contributed by atoms with Crippen LogP contribution in [0.2, 0.25) is 0 Å². The van der Waals surface area contributed by atoms with Crippen molar-refractivity contribution < 1.29 is 9.53 Å². The largest absolute Gasteiger partial charge is 0.378 e. The molecule has 4 nitrogen and oxygen atoms in total. The molecule has 4 heteroatoms. The van der Waals surface area contributed by atoms with Crippen molar-refractivity contribution in [1.29, 1.82) is 0 Å². The molecule has 1 fully saturated rings. The topological polar surface area (TPSA) is 42.4 Å². The number of benzene rings is 1. The average molecular weight is 268 g/mol. The van der Waals surface area contributed by atoms with Crippen LogP contribution in [0, 0.1) is 0 Å². The molecule has 0 unspecified atom stereocenters. The Hall–Kier alpha value is -2.20. The van der Waals surface area contributed by atoms with E-state index >= 15 is 0 Å². The van der Waals surface area contributed by atoms with Crippen molar-refractivity contribution in [3.05, 3.63) is 48.2 Å². The molecule has 0 bridgehead atoms. The number of aldehydes is 1. The first-order valence-electron chi connectivity index (χ1n) is 6.72. The van der Waals surface area contributed by atoms with Gasteiger partial charge in [0.15, 0.2) is 6.29 Å². The van der Waals surface area contributed by atoms with E-state index in [1.54, 1.807) is 6.20 Å². The van der Waals surface area contributed by atoms with Gasteiger partial charge in [0.25, 0.3) is 0 Å². The first-order valence-corrected chi connectivity index (χ1v) is 6.72. The van der Waals surface area contributed by atoms with Gasteiger partial charge in [0, 0.05) is 19.3 Å². The number of aromatic nitrogens is 1. The van der Waals surface area contributed by atoms with Crippen LogP contribution < -0.4 is 4.90 Å². The van der Waals surface area contributed by atoms with Gasteiger partial charge in [-0.05, 0) is 17.2 Å². The molecule has 102 valence electrons. The smallest absolute Gasteiger partial charge is 0.154 e. The van der Waals surface area contributed by atoms with Gasteiger partial charge in [-0.25, -0.2) is 4.98 Å². The average Bonchev–Trinajstić information content (AvgIpc) is 2.55. The lowest BCUT2D eigenvalue weighted by atomic mass is 10.0. The standard InChI is InChI=1S/C16H16N2O2/c19-12-15-14(13-4-2-1-3-5-13)6-7-17-16(15)18-8-10-20-11-9-18/h1-7,12H,8-11H2. The number of nitrogens with zero attached hydrogens (tertiary/aromatic N) is 2. The van der Waals surface area contributed by atoms with Crippen molar-refractivity contribution in [2.24, 2.45) is 0 Å². The quantitative estimate of drug-likeness (QED) is 0.802. The summed E-state index contributed by atoms with van der Waals surface area (Å²) in [6.07, 6.45) is 2.67. The Bertz CT molecular complexity index is 593. The molecule has 3 rings (SSSR count). The van der Waals surface area contributed by atoms with Crippen LogP contribution in [0.25, 0.3) is 11.1 Å². The summed E-state index contributed by atoms with van der Waals surface area (Å²) in [6, 6.07) is 11.8. The van der Waals surface area contributed by atoms with E-state index in [9.17, 15) is 4.79 Å². The van der Waals surface area contributed by atoms with E-state index in [1.807, 2.05) is 36.4 Å². The van der Waals surface area contributed by atoms with E-state index in [0.29, 0.717) is 18.8 Å². The fourth-order valence-electron chi connectivity index (χ4n) is 2.47. The van der Waals surface area contributed by atoms with Gasteiger partial charge >= 0.3 is 0 Å². The number of carbonyl (C=O) groups excluding carboxylic acids is 1. The van der Waals surface area contributed by atoms with Crippen LogP contribution in [0.4, 0.5) is 5.82 Å². The van der Waals surface area contributed by atoms with Crippen LogP contribution in [0.15, 0.2) is 42.6 Å². The number of hydrogen-bond donors (Lipinski definition) is 0. The number of anilines is 1. The predicted molar refractivity (Wildman–Crippen MR) is 78.1 cm³/mol. The second kappa shape index (κ2) is 5.84. The lowest BCUT2D eigenvalue weighted by molar-refractivity contribution is 0.111. The molecule has 1 aromatic heterocycles. The maximum Gasteiger partial charge on any atom is 0.154 e. The number of rotatable bonds is 3. The third kappa shape index (κ3) is 2.42. The summed E-state index contributed by atoms with van der Waals surface area (Å²) < 4.78 is 5.35. The number of morpholine rings is 1. The molecule has 1 saturated heterocycles. The van der Waals surface area contributed by atoms with Crippen molar-refractivity contribution in [3.63, 3.8) is 0 Å². The number of pyridine rings is 1. The maximum atomic E-state index is 11.6. The summed E-state index contributed by atoms with van der Waals surface area (Å²) in [4.78, 5) is 18.1. The third-order valence-corrected chi connectivity index (χ3v) is 3.48. The molecule has 1 aromatic carbocycles. The molecular weight excluding hydrogens is 252 g/mol. The lowest BCUT2D eigenvalue weighted by Crippen LogP contribution is -2.37. The highest BCUT2D eigenvalue weighted by atomic mass is 16.5. The van der Waals surface area contributed by atoms with E-state index < -0.39 is 0 Å². The van der Waals surface area contributed by atoms with Crippen molar-refractivity contribution in [2.75, 3.05) is 31.2 Å². The number of ether oxygens (including phenoxy) is 1. The molecule has 2 aromatic rings. The zero-order valence-electron chi connectivity index (χ0n) is 11.2. The molecule has 0 spiro atoms. The third-order valence-electron chi connectivity index (χ3n) is 3.48. The molecule has 1 aliphatic rings. The fraction of sp³-hybridized carbons (Fsp3) is 0.250. The Morgan fingerprint density at radius 1 is 1.10 bits per heavy atom. The Labute approximate surface area is 118 Å². The fourth-order valence-corrected chi connectivity index (χ4v) is 2.47. The van der Waals surface area contributed by atoms with E-state index in [0.717, 1.165) is 36.3 Å². The van der Waals surface area contributed by atoms with Gasteiger partial charge in [-0.3, -0.25) is 4.79 Å². The summed E-state index contributed by atoms with van der Waals surface area (Å²) in [5.41, 5.74) is 2.62. The van der Waals surface area contributed by atoms with Crippen LogP contribution in [-0.4, -0.2) is 37.6 Å². The van der Waals surface area contributed by atoms with Crippen LogP contribution in [-0.2, 0) is 4.74 Å². The van der Waals surface area contributed by atoms with Crippen molar-refractivity contribution >= 4 is 12.1 Å². The first kappa shape index (κ1) is 12.8. The molecule has 0 radical (unpaired) electrons. The monoisotopic (exact) mass is 268 g/mol. The Morgan fingerprint density at radius 3 is 2.55 bits per heavy atom. The highest BCUT2D eigenvalue weighted by Crippen LogP contribution is 2.28. The van der Waals surface area contributed by atoms with Gasteiger partial charge in [-0.15, -0.1) is 0 Å². The molecule has 0 atom stereocenters. The molecule has 0 aliphatic carbocycles. The van der Waals surface area contributed by atoms with Gasteiger partial charge in [-0.1, -0.05) is 30.3 Å². The molecule has 0 N–H and O–H groups in total. The van der Waals surface area contributed by atoms with E-state index in [1.165, 1.54) is 0 Å². The normalized spacial score (nSPS) is 15.1. The molecule has 1 aliphatic heterocycles. The highest BCUT2D eigenvalue weighted by molar-refractivity contribution is 5.93. The Balaban J connectivity index is 2.06. The maximum absolute atomic E-state index is 11.6. The van der Waals surface area contributed by atoms with Gasteiger partial charge in [-0.2, -0.15) is 0 Å². The summed E-state index contributed by atoms with van der Waals surface area (Å²) >= 11 is 0. The minimum Gasteiger partial charge on any atom is -0.378 e. The van der Waals surface area contributed by atoms with Gasteiger partial charge in [0.05, 0.1) is 18.8 Å². The Morgan fingerprint density at radius 2 is 1.85 bits per heavy atom. The van der Waals surface area contributed by atoms with Crippen LogP contribution in [0.3, 0.4) is 0 Å². The van der Waals surface area contributed by atoms with E-state index in [2.05, 4.69) is 9.88 Å². The second-order valence-corrected chi connectivity index (χ2v) is 4.68. The van der Waals surface area contributed by atoms with Gasteiger partial charge in [0.1, 0.15) is 5.82 Å². The lowest BCUT2D eigenvalue weighted by Gasteiger charge is -2.29. The molecule has 0 saturated carbocycles. The summed E-state index contributed by atoms with van der Waals surface area (Å²) in [6.45, 7) is 2.89.